The minimum absolute atomic E-state index is 0.133. The topological polar surface area (TPSA) is 96.0 Å². The molecule has 0 bridgehead atoms. The SMILES string of the molecule is CC(=O)Nc1cccc(Nc2cc(C(=O)NC3CCCCCC3)ncn2)c1. The highest BCUT2D eigenvalue weighted by Gasteiger charge is 2.17. The van der Waals surface area contributed by atoms with Crippen LogP contribution in [0.2, 0.25) is 0 Å². The van der Waals surface area contributed by atoms with Crippen LogP contribution >= 0.6 is 0 Å². The molecule has 2 amide bonds. The molecular weight excluding hydrogens is 342 g/mol. The molecule has 0 unspecified atom stereocenters. The van der Waals surface area contributed by atoms with Gasteiger partial charge in [-0.05, 0) is 31.0 Å². The molecule has 1 fully saturated rings. The quantitative estimate of drug-likeness (QED) is 0.701. The van der Waals surface area contributed by atoms with Gasteiger partial charge in [-0.1, -0.05) is 31.7 Å². The molecule has 0 spiro atoms. The number of aromatic nitrogens is 2. The second-order valence-corrected chi connectivity index (χ2v) is 6.84. The van der Waals surface area contributed by atoms with E-state index >= 15 is 0 Å². The van der Waals surface area contributed by atoms with Crippen LogP contribution in [0.3, 0.4) is 0 Å². The lowest BCUT2D eigenvalue weighted by Crippen LogP contribution is -2.34. The van der Waals surface area contributed by atoms with Crippen molar-refractivity contribution in [3.05, 3.63) is 42.4 Å². The van der Waals surface area contributed by atoms with Gasteiger partial charge in [0, 0.05) is 30.4 Å². The molecule has 1 saturated carbocycles. The van der Waals surface area contributed by atoms with Gasteiger partial charge in [-0.25, -0.2) is 9.97 Å². The molecule has 2 aromatic rings. The molecule has 1 aliphatic rings. The number of rotatable bonds is 5. The van der Waals surface area contributed by atoms with E-state index in [0.29, 0.717) is 17.2 Å². The van der Waals surface area contributed by atoms with Crippen LogP contribution in [-0.4, -0.2) is 27.8 Å². The number of carbonyl (C=O) groups is 2. The van der Waals surface area contributed by atoms with Gasteiger partial charge in [-0.3, -0.25) is 9.59 Å². The van der Waals surface area contributed by atoms with E-state index in [-0.39, 0.29) is 17.9 Å². The maximum atomic E-state index is 12.5. The molecule has 7 heteroatoms. The largest absolute Gasteiger partial charge is 0.348 e. The molecule has 7 nitrogen and oxygen atoms in total. The van der Waals surface area contributed by atoms with Crippen LogP contribution < -0.4 is 16.0 Å². The molecule has 1 aliphatic carbocycles. The number of carbonyl (C=O) groups excluding carboxylic acids is 2. The molecular formula is C20H25N5O2. The summed E-state index contributed by atoms with van der Waals surface area (Å²) in [5.41, 5.74) is 1.79. The second-order valence-electron chi connectivity index (χ2n) is 6.84. The number of benzene rings is 1. The maximum Gasteiger partial charge on any atom is 0.270 e. The summed E-state index contributed by atoms with van der Waals surface area (Å²) in [6, 6.07) is 9.15. The molecule has 1 aromatic heterocycles. The Hall–Kier alpha value is -2.96. The highest BCUT2D eigenvalue weighted by Crippen LogP contribution is 2.20. The van der Waals surface area contributed by atoms with E-state index in [9.17, 15) is 9.59 Å². The van der Waals surface area contributed by atoms with Gasteiger partial charge in [0.05, 0.1) is 0 Å². The third-order valence-corrected chi connectivity index (χ3v) is 4.55. The molecule has 0 aliphatic heterocycles. The van der Waals surface area contributed by atoms with Gasteiger partial charge in [0.15, 0.2) is 0 Å². The summed E-state index contributed by atoms with van der Waals surface area (Å²) in [6.07, 6.45) is 8.23. The first-order valence-corrected chi connectivity index (χ1v) is 9.38. The van der Waals surface area contributed by atoms with Gasteiger partial charge in [-0.2, -0.15) is 0 Å². The zero-order chi connectivity index (χ0) is 19.1. The van der Waals surface area contributed by atoms with Crippen LogP contribution in [0.25, 0.3) is 0 Å². The van der Waals surface area contributed by atoms with Gasteiger partial charge in [-0.15, -0.1) is 0 Å². The molecule has 142 valence electrons. The van der Waals surface area contributed by atoms with Crippen LogP contribution in [0.4, 0.5) is 17.2 Å². The summed E-state index contributed by atoms with van der Waals surface area (Å²) >= 11 is 0. The van der Waals surface area contributed by atoms with Crippen molar-refractivity contribution in [3.8, 4) is 0 Å². The van der Waals surface area contributed by atoms with Crippen molar-refractivity contribution in [1.82, 2.24) is 15.3 Å². The standard InChI is InChI=1S/C20H25N5O2/c1-14(26)23-16-9-6-10-17(11-16)24-19-12-18(21-13-22-19)20(27)25-15-7-4-2-3-5-8-15/h6,9-13,15H,2-5,7-8H2,1H3,(H,23,26)(H,25,27)(H,21,22,24). The van der Waals surface area contributed by atoms with Crippen LogP contribution in [-0.2, 0) is 4.79 Å². The van der Waals surface area contributed by atoms with Crippen molar-refractivity contribution in [2.24, 2.45) is 0 Å². The Morgan fingerprint density at radius 1 is 1.00 bits per heavy atom. The molecule has 3 N–H and O–H groups in total. The highest BCUT2D eigenvalue weighted by molar-refractivity contribution is 5.93. The monoisotopic (exact) mass is 367 g/mol. The number of nitrogens with one attached hydrogen (secondary N) is 3. The molecule has 0 atom stereocenters. The van der Waals surface area contributed by atoms with Gasteiger partial charge < -0.3 is 16.0 Å². The van der Waals surface area contributed by atoms with Crippen molar-refractivity contribution in [1.29, 1.82) is 0 Å². The lowest BCUT2D eigenvalue weighted by atomic mass is 10.1. The van der Waals surface area contributed by atoms with Gasteiger partial charge >= 0.3 is 0 Å². The summed E-state index contributed by atoms with van der Waals surface area (Å²) in [6.45, 7) is 1.46. The van der Waals surface area contributed by atoms with E-state index in [1.165, 1.54) is 26.1 Å². The fourth-order valence-electron chi connectivity index (χ4n) is 3.26. The Kier molecular flexibility index (Phi) is 6.35. The summed E-state index contributed by atoms with van der Waals surface area (Å²) in [4.78, 5) is 32.0. The average Bonchev–Trinajstić information content (AvgIpc) is 2.90. The normalized spacial score (nSPS) is 14.9. The summed E-state index contributed by atoms with van der Waals surface area (Å²) in [5.74, 6) is 0.224. The molecule has 0 radical (unpaired) electrons. The predicted octanol–water partition coefficient (Wildman–Crippen LogP) is 3.63. The van der Waals surface area contributed by atoms with E-state index in [0.717, 1.165) is 31.4 Å². The molecule has 3 rings (SSSR count). The molecule has 0 saturated heterocycles. The van der Waals surface area contributed by atoms with Crippen LogP contribution in [0.15, 0.2) is 36.7 Å². The van der Waals surface area contributed by atoms with Gasteiger partial charge in [0.1, 0.15) is 17.8 Å². The first-order valence-electron chi connectivity index (χ1n) is 9.38. The minimum atomic E-state index is -0.167. The van der Waals surface area contributed by atoms with E-state index in [2.05, 4.69) is 25.9 Å². The fourth-order valence-corrected chi connectivity index (χ4v) is 3.26. The van der Waals surface area contributed by atoms with E-state index < -0.39 is 0 Å². The summed E-state index contributed by atoms with van der Waals surface area (Å²) in [7, 11) is 0. The first kappa shape index (κ1) is 18.8. The van der Waals surface area contributed by atoms with Crippen molar-refractivity contribution in [2.75, 3.05) is 10.6 Å². The Morgan fingerprint density at radius 2 is 1.74 bits per heavy atom. The van der Waals surface area contributed by atoms with E-state index in [1.807, 2.05) is 12.1 Å². The van der Waals surface area contributed by atoms with Gasteiger partial charge in [0.25, 0.3) is 5.91 Å². The Balaban J connectivity index is 1.66. The first-order chi connectivity index (χ1) is 13.1. The van der Waals surface area contributed by atoms with E-state index in [4.69, 9.17) is 0 Å². The van der Waals surface area contributed by atoms with Crippen molar-refractivity contribution < 1.29 is 9.59 Å². The van der Waals surface area contributed by atoms with E-state index in [1.54, 1.807) is 18.2 Å². The minimum Gasteiger partial charge on any atom is -0.348 e. The summed E-state index contributed by atoms with van der Waals surface area (Å²) < 4.78 is 0. The molecule has 1 aromatic carbocycles. The van der Waals surface area contributed by atoms with Crippen molar-refractivity contribution in [3.63, 3.8) is 0 Å². The van der Waals surface area contributed by atoms with Gasteiger partial charge in [0.2, 0.25) is 5.91 Å². The number of hydrogen-bond acceptors (Lipinski definition) is 5. The summed E-state index contributed by atoms with van der Waals surface area (Å²) in [5, 5.41) is 8.97. The number of nitrogens with zero attached hydrogens (tertiary/aromatic N) is 2. The predicted molar refractivity (Wildman–Crippen MR) is 105 cm³/mol. The molecule has 1 heterocycles. The smallest absolute Gasteiger partial charge is 0.270 e. The Labute approximate surface area is 159 Å². The van der Waals surface area contributed by atoms with Crippen molar-refractivity contribution >= 4 is 29.0 Å². The lowest BCUT2D eigenvalue weighted by Gasteiger charge is -2.16. The third kappa shape index (κ3) is 5.77. The van der Waals surface area contributed by atoms with Crippen LogP contribution in [0.1, 0.15) is 55.9 Å². The number of anilines is 3. The lowest BCUT2D eigenvalue weighted by molar-refractivity contribution is -0.114. The van der Waals surface area contributed by atoms with Crippen LogP contribution in [0.5, 0.6) is 0 Å². The van der Waals surface area contributed by atoms with Crippen LogP contribution in [0, 0.1) is 0 Å². The van der Waals surface area contributed by atoms with Crippen molar-refractivity contribution in [2.45, 2.75) is 51.5 Å². The third-order valence-electron chi connectivity index (χ3n) is 4.55. The highest BCUT2D eigenvalue weighted by atomic mass is 16.2. The average molecular weight is 367 g/mol. The zero-order valence-electron chi connectivity index (χ0n) is 15.5. The Morgan fingerprint density at radius 3 is 2.48 bits per heavy atom. The Bertz CT molecular complexity index is 800. The molecule has 27 heavy (non-hydrogen) atoms. The number of hydrogen-bond donors (Lipinski definition) is 3. The second kappa shape index (κ2) is 9.12. The fraction of sp³-hybridized carbons (Fsp3) is 0.400. The maximum absolute atomic E-state index is 12.5. The number of amides is 2. The zero-order valence-corrected chi connectivity index (χ0v) is 15.5.